The van der Waals surface area contributed by atoms with Crippen molar-refractivity contribution in [2.45, 2.75) is 31.8 Å². The van der Waals surface area contributed by atoms with Crippen LogP contribution >= 0.6 is 0 Å². The van der Waals surface area contributed by atoms with Gasteiger partial charge in [-0.25, -0.2) is 0 Å². The van der Waals surface area contributed by atoms with Crippen molar-refractivity contribution in [1.82, 2.24) is 4.90 Å². The van der Waals surface area contributed by atoms with E-state index in [9.17, 15) is 0 Å². The van der Waals surface area contributed by atoms with Gasteiger partial charge in [0.1, 0.15) is 0 Å². The first kappa shape index (κ1) is 9.47. The summed E-state index contributed by atoms with van der Waals surface area (Å²) in [4.78, 5) is 2.47. The van der Waals surface area contributed by atoms with E-state index in [0.717, 1.165) is 11.8 Å². The second-order valence-electron chi connectivity index (χ2n) is 4.68. The van der Waals surface area contributed by atoms with Crippen LogP contribution in [0.1, 0.15) is 25.7 Å². The summed E-state index contributed by atoms with van der Waals surface area (Å²) in [5.74, 6) is 1.77. The van der Waals surface area contributed by atoms with E-state index in [0.29, 0.717) is 6.10 Å². The van der Waals surface area contributed by atoms with Crippen LogP contribution in [-0.4, -0.2) is 38.3 Å². The van der Waals surface area contributed by atoms with E-state index < -0.39 is 0 Å². The maximum atomic E-state index is 5.58. The molecule has 1 saturated carbocycles. The number of methoxy groups -OCH3 is 1. The van der Waals surface area contributed by atoms with Crippen LogP contribution in [0.2, 0.25) is 0 Å². The molecule has 1 aliphatic carbocycles. The molecule has 0 aromatic rings. The van der Waals surface area contributed by atoms with Crippen molar-refractivity contribution in [3.8, 4) is 0 Å². The van der Waals surface area contributed by atoms with E-state index in [1.54, 1.807) is 0 Å². The molecule has 1 unspecified atom stereocenters. The van der Waals surface area contributed by atoms with Gasteiger partial charge in [-0.1, -0.05) is 6.42 Å². The molecule has 13 heavy (non-hydrogen) atoms. The van der Waals surface area contributed by atoms with Crippen molar-refractivity contribution in [2.24, 2.45) is 11.8 Å². The zero-order valence-electron chi connectivity index (χ0n) is 8.83. The molecule has 1 saturated heterocycles. The summed E-state index contributed by atoms with van der Waals surface area (Å²) >= 11 is 0. The molecule has 0 N–H and O–H groups in total. The predicted octanol–water partition coefficient (Wildman–Crippen LogP) is 1.75. The number of ether oxygens (including phenoxy) is 1. The van der Waals surface area contributed by atoms with Gasteiger partial charge in [0, 0.05) is 13.7 Å². The van der Waals surface area contributed by atoms with Crippen LogP contribution in [0.15, 0.2) is 0 Å². The third-order valence-corrected chi connectivity index (χ3v) is 3.84. The number of rotatable bonds is 1. The Balaban J connectivity index is 1.99. The zero-order chi connectivity index (χ0) is 9.26. The lowest BCUT2D eigenvalue weighted by atomic mass is 9.73. The Hall–Kier alpha value is -0.0800. The molecule has 0 spiro atoms. The minimum atomic E-state index is 0.562. The van der Waals surface area contributed by atoms with Gasteiger partial charge in [-0.2, -0.15) is 0 Å². The molecule has 0 aromatic heterocycles. The van der Waals surface area contributed by atoms with Crippen LogP contribution in [0.3, 0.4) is 0 Å². The van der Waals surface area contributed by atoms with Crippen LogP contribution in [0, 0.1) is 11.8 Å². The molecule has 0 amide bonds. The lowest BCUT2D eigenvalue weighted by Gasteiger charge is -2.43. The molecule has 2 rings (SSSR count). The molecule has 1 aliphatic heterocycles. The standard InChI is InChI=1S/C11H21NO/c1-12-7-6-10-9(8-12)4-3-5-11(10)13-2/h9-11H,3-8H2,1-2H3/t9-,10+,11?/m0/s1. The summed E-state index contributed by atoms with van der Waals surface area (Å²) in [7, 11) is 4.12. The molecule has 0 bridgehead atoms. The van der Waals surface area contributed by atoms with Gasteiger partial charge in [0.2, 0.25) is 0 Å². The Kier molecular flexibility index (Phi) is 2.89. The fourth-order valence-corrected chi connectivity index (χ4v) is 3.11. The number of likely N-dealkylation sites (tertiary alicyclic amines) is 1. The number of fused-ring (bicyclic) bond motifs is 1. The van der Waals surface area contributed by atoms with Gasteiger partial charge in [0.15, 0.2) is 0 Å². The summed E-state index contributed by atoms with van der Waals surface area (Å²) in [6.07, 6.45) is 6.00. The number of piperidine rings is 1. The van der Waals surface area contributed by atoms with E-state index >= 15 is 0 Å². The summed E-state index contributed by atoms with van der Waals surface area (Å²) in [5, 5.41) is 0. The molecule has 3 atom stereocenters. The van der Waals surface area contributed by atoms with Crippen molar-refractivity contribution in [3.05, 3.63) is 0 Å². The molecule has 1 heterocycles. The van der Waals surface area contributed by atoms with Gasteiger partial charge in [-0.05, 0) is 44.7 Å². The normalized spacial score (nSPS) is 41.5. The van der Waals surface area contributed by atoms with Crippen LogP contribution in [0.4, 0.5) is 0 Å². The van der Waals surface area contributed by atoms with E-state index in [1.807, 2.05) is 7.11 Å². The minimum Gasteiger partial charge on any atom is -0.381 e. The molecule has 2 heteroatoms. The Morgan fingerprint density at radius 2 is 2.08 bits per heavy atom. The lowest BCUT2D eigenvalue weighted by Crippen LogP contribution is -2.45. The van der Waals surface area contributed by atoms with E-state index in [4.69, 9.17) is 4.74 Å². The highest BCUT2D eigenvalue weighted by Crippen LogP contribution is 2.37. The van der Waals surface area contributed by atoms with Gasteiger partial charge in [-0.3, -0.25) is 0 Å². The van der Waals surface area contributed by atoms with Crippen LogP contribution in [-0.2, 0) is 4.74 Å². The van der Waals surface area contributed by atoms with Crippen molar-refractivity contribution in [1.29, 1.82) is 0 Å². The highest BCUT2D eigenvalue weighted by atomic mass is 16.5. The third-order valence-electron chi connectivity index (χ3n) is 3.84. The Bertz CT molecular complexity index is 171. The van der Waals surface area contributed by atoms with Crippen LogP contribution in [0.25, 0.3) is 0 Å². The highest BCUT2D eigenvalue weighted by Gasteiger charge is 2.36. The molecule has 76 valence electrons. The molecular weight excluding hydrogens is 162 g/mol. The smallest absolute Gasteiger partial charge is 0.0603 e. The summed E-state index contributed by atoms with van der Waals surface area (Å²) < 4.78 is 5.58. The van der Waals surface area contributed by atoms with Gasteiger partial charge in [0.05, 0.1) is 6.10 Å². The average molecular weight is 183 g/mol. The minimum absolute atomic E-state index is 0.562. The lowest BCUT2D eigenvalue weighted by molar-refractivity contribution is -0.0350. The predicted molar refractivity (Wildman–Crippen MR) is 53.7 cm³/mol. The quantitative estimate of drug-likeness (QED) is 0.614. The number of hydrogen-bond acceptors (Lipinski definition) is 2. The third kappa shape index (κ3) is 1.89. The fraction of sp³-hybridized carbons (Fsp3) is 1.00. The summed E-state index contributed by atoms with van der Waals surface area (Å²) in [6, 6.07) is 0. The summed E-state index contributed by atoms with van der Waals surface area (Å²) in [6.45, 7) is 2.56. The molecule has 0 radical (unpaired) electrons. The van der Waals surface area contributed by atoms with Crippen molar-refractivity contribution in [3.63, 3.8) is 0 Å². The molecule has 2 fully saturated rings. The second kappa shape index (κ2) is 3.97. The van der Waals surface area contributed by atoms with Gasteiger partial charge in [0.25, 0.3) is 0 Å². The number of nitrogens with zero attached hydrogens (tertiary/aromatic N) is 1. The van der Waals surface area contributed by atoms with Gasteiger partial charge >= 0.3 is 0 Å². The Morgan fingerprint density at radius 3 is 2.85 bits per heavy atom. The first-order valence-corrected chi connectivity index (χ1v) is 5.52. The maximum Gasteiger partial charge on any atom is 0.0603 e. The molecular formula is C11H21NO. The fourth-order valence-electron chi connectivity index (χ4n) is 3.11. The highest BCUT2D eigenvalue weighted by molar-refractivity contribution is 4.87. The van der Waals surface area contributed by atoms with E-state index in [2.05, 4.69) is 11.9 Å². The first-order valence-electron chi connectivity index (χ1n) is 5.52. The summed E-state index contributed by atoms with van der Waals surface area (Å²) in [5.41, 5.74) is 0. The SMILES string of the molecule is COC1CCC[C@H]2CN(C)CC[C@@H]12. The largest absolute Gasteiger partial charge is 0.381 e. The topological polar surface area (TPSA) is 12.5 Å². The first-order chi connectivity index (χ1) is 6.31. The second-order valence-corrected chi connectivity index (χ2v) is 4.68. The molecule has 0 aromatic carbocycles. The van der Waals surface area contributed by atoms with Crippen molar-refractivity contribution < 1.29 is 4.74 Å². The molecule has 2 nitrogen and oxygen atoms in total. The van der Waals surface area contributed by atoms with Crippen molar-refractivity contribution in [2.75, 3.05) is 27.2 Å². The van der Waals surface area contributed by atoms with Gasteiger partial charge < -0.3 is 9.64 Å². The van der Waals surface area contributed by atoms with Crippen LogP contribution < -0.4 is 0 Å². The van der Waals surface area contributed by atoms with Crippen molar-refractivity contribution >= 4 is 0 Å². The van der Waals surface area contributed by atoms with E-state index in [1.165, 1.54) is 38.8 Å². The van der Waals surface area contributed by atoms with E-state index in [-0.39, 0.29) is 0 Å². The van der Waals surface area contributed by atoms with Crippen LogP contribution in [0.5, 0.6) is 0 Å². The van der Waals surface area contributed by atoms with Gasteiger partial charge in [-0.15, -0.1) is 0 Å². The Morgan fingerprint density at radius 1 is 1.23 bits per heavy atom. The maximum absolute atomic E-state index is 5.58. The Labute approximate surface area is 81.3 Å². The zero-order valence-corrected chi connectivity index (χ0v) is 8.83. The average Bonchev–Trinajstić information content (AvgIpc) is 2.16. The molecule has 2 aliphatic rings. The monoisotopic (exact) mass is 183 g/mol. The number of hydrogen-bond donors (Lipinski definition) is 0.